The van der Waals surface area contributed by atoms with E-state index in [0.717, 1.165) is 6.54 Å². The van der Waals surface area contributed by atoms with Gasteiger partial charge in [-0.3, -0.25) is 4.79 Å². The van der Waals surface area contributed by atoms with Crippen LogP contribution in [0.15, 0.2) is 6.33 Å². The summed E-state index contributed by atoms with van der Waals surface area (Å²) in [7, 11) is 0. The standard InChI is InChI=1S/C11H19N5O/c1-8(2)11(3-4-11)6-13-9(17)5-16-7-14-10(12)15-16/h7-8H,3-6H2,1-2H3,(H2,12,15)(H,13,17). The van der Waals surface area contributed by atoms with Crippen molar-refractivity contribution < 1.29 is 4.79 Å². The third-order valence-electron chi connectivity index (χ3n) is 3.61. The van der Waals surface area contributed by atoms with E-state index in [9.17, 15) is 4.79 Å². The van der Waals surface area contributed by atoms with Crippen molar-refractivity contribution in [1.82, 2.24) is 20.1 Å². The molecule has 1 fully saturated rings. The first-order chi connectivity index (χ1) is 8.02. The van der Waals surface area contributed by atoms with Crippen LogP contribution in [0.1, 0.15) is 26.7 Å². The Kier molecular flexibility index (Phi) is 3.04. The van der Waals surface area contributed by atoms with Gasteiger partial charge in [0.25, 0.3) is 0 Å². The average Bonchev–Trinajstić information content (AvgIpc) is 2.96. The molecule has 94 valence electrons. The minimum absolute atomic E-state index is 0.0400. The summed E-state index contributed by atoms with van der Waals surface area (Å²) < 4.78 is 1.44. The van der Waals surface area contributed by atoms with Crippen LogP contribution in [-0.4, -0.2) is 27.2 Å². The highest BCUT2D eigenvalue weighted by atomic mass is 16.2. The highest BCUT2D eigenvalue weighted by molar-refractivity contribution is 5.75. The lowest BCUT2D eigenvalue weighted by Crippen LogP contribution is -2.34. The smallest absolute Gasteiger partial charge is 0.241 e. The Bertz CT molecular complexity index is 408. The summed E-state index contributed by atoms with van der Waals surface area (Å²) in [6, 6.07) is 0. The molecule has 1 aliphatic rings. The van der Waals surface area contributed by atoms with Gasteiger partial charge in [-0.05, 0) is 24.2 Å². The molecule has 0 unspecified atom stereocenters. The Morgan fingerprint density at radius 2 is 2.35 bits per heavy atom. The first kappa shape index (κ1) is 11.9. The molecule has 1 aromatic rings. The van der Waals surface area contributed by atoms with E-state index in [1.807, 2.05) is 0 Å². The Morgan fingerprint density at radius 3 is 2.82 bits per heavy atom. The molecule has 1 saturated carbocycles. The quantitative estimate of drug-likeness (QED) is 0.776. The molecule has 0 aliphatic heterocycles. The second-order valence-electron chi connectivity index (χ2n) is 5.09. The predicted octanol–water partition coefficient (Wildman–Crippen LogP) is 0.413. The third-order valence-corrected chi connectivity index (χ3v) is 3.61. The number of hydrogen-bond acceptors (Lipinski definition) is 4. The fraction of sp³-hybridized carbons (Fsp3) is 0.727. The second kappa shape index (κ2) is 4.35. The van der Waals surface area contributed by atoms with E-state index < -0.39 is 0 Å². The van der Waals surface area contributed by atoms with Crippen molar-refractivity contribution in [1.29, 1.82) is 0 Å². The molecule has 0 radical (unpaired) electrons. The molecule has 0 bridgehead atoms. The molecule has 1 heterocycles. The number of nitrogen functional groups attached to an aromatic ring is 1. The molecule has 6 heteroatoms. The number of nitrogens with one attached hydrogen (secondary N) is 1. The van der Waals surface area contributed by atoms with Crippen molar-refractivity contribution in [3.8, 4) is 0 Å². The Hall–Kier alpha value is -1.59. The summed E-state index contributed by atoms with van der Waals surface area (Å²) in [6.45, 7) is 5.35. The van der Waals surface area contributed by atoms with Crippen LogP contribution in [0.2, 0.25) is 0 Å². The minimum atomic E-state index is -0.0400. The van der Waals surface area contributed by atoms with E-state index in [1.165, 1.54) is 23.9 Å². The van der Waals surface area contributed by atoms with Crippen molar-refractivity contribution >= 4 is 11.9 Å². The van der Waals surface area contributed by atoms with Gasteiger partial charge < -0.3 is 11.1 Å². The Morgan fingerprint density at radius 1 is 1.65 bits per heavy atom. The van der Waals surface area contributed by atoms with Gasteiger partial charge in [0.15, 0.2) is 0 Å². The lowest BCUT2D eigenvalue weighted by atomic mass is 9.92. The van der Waals surface area contributed by atoms with Crippen LogP contribution in [0, 0.1) is 11.3 Å². The largest absolute Gasteiger partial charge is 0.367 e. The molecular formula is C11H19N5O. The maximum atomic E-state index is 11.7. The van der Waals surface area contributed by atoms with Crippen LogP contribution in [0.4, 0.5) is 5.95 Å². The van der Waals surface area contributed by atoms with E-state index in [-0.39, 0.29) is 18.4 Å². The van der Waals surface area contributed by atoms with Gasteiger partial charge in [-0.2, -0.15) is 0 Å². The molecule has 1 aromatic heterocycles. The van der Waals surface area contributed by atoms with Crippen molar-refractivity contribution in [3.63, 3.8) is 0 Å². The summed E-state index contributed by atoms with van der Waals surface area (Å²) in [5, 5.41) is 6.82. The van der Waals surface area contributed by atoms with Crippen molar-refractivity contribution in [2.24, 2.45) is 11.3 Å². The van der Waals surface area contributed by atoms with Crippen molar-refractivity contribution in [3.05, 3.63) is 6.33 Å². The monoisotopic (exact) mass is 237 g/mol. The van der Waals surface area contributed by atoms with E-state index in [2.05, 4.69) is 29.2 Å². The van der Waals surface area contributed by atoms with Gasteiger partial charge in [0.05, 0.1) is 0 Å². The first-order valence-electron chi connectivity index (χ1n) is 5.93. The van der Waals surface area contributed by atoms with Crippen LogP contribution in [0.25, 0.3) is 0 Å². The maximum Gasteiger partial charge on any atom is 0.241 e. The Balaban J connectivity index is 1.78. The lowest BCUT2D eigenvalue weighted by Gasteiger charge is -2.19. The number of hydrogen-bond donors (Lipinski definition) is 2. The zero-order valence-corrected chi connectivity index (χ0v) is 10.3. The molecule has 0 spiro atoms. The number of carbonyl (C=O) groups excluding carboxylic acids is 1. The number of nitrogens with zero attached hydrogens (tertiary/aromatic N) is 3. The molecule has 0 atom stereocenters. The van der Waals surface area contributed by atoms with Gasteiger partial charge in [-0.1, -0.05) is 13.8 Å². The Labute approximate surface area is 101 Å². The number of rotatable bonds is 5. The van der Waals surface area contributed by atoms with E-state index in [0.29, 0.717) is 11.3 Å². The molecule has 0 aromatic carbocycles. The third kappa shape index (κ3) is 2.75. The molecule has 0 saturated heterocycles. The minimum Gasteiger partial charge on any atom is -0.367 e. The molecule has 17 heavy (non-hydrogen) atoms. The zero-order valence-electron chi connectivity index (χ0n) is 10.3. The SMILES string of the molecule is CC(C)C1(CNC(=O)Cn2cnc(N)n2)CC1. The normalized spacial score (nSPS) is 17.1. The van der Waals surface area contributed by atoms with Crippen LogP contribution < -0.4 is 11.1 Å². The number of carbonyl (C=O) groups is 1. The number of aromatic nitrogens is 3. The topological polar surface area (TPSA) is 85.8 Å². The summed E-state index contributed by atoms with van der Waals surface area (Å²) in [6.07, 6.45) is 3.88. The second-order valence-corrected chi connectivity index (χ2v) is 5.09. The maximum absolute atomic E-state index is 11.7. The molecule has 3 N–H and O–H groups in total. The summed E-state index contributed by atoms with van der Waals surface area (Å²) in [5.74, 6) is 0.769. The zero-order chi connectivity index (χ0) is 12.5. The fourth-order valence-corrected chi connectivity index (χ4v) is 1.98. The highest BCUT2D eigenvalue weighted by Gasteiger charge is 2.45. The molecule has 1 amide bonds. The van der Waals surface area contributed by atoms with Gasteiger partial charge in [0.2, 0.25) is 11.9 Å². The molecule has 1 aliphatic carbocycles. The fourth-order valence-electron chi connectivity index (χ4n) is 1.98. The van der Waals surface area contributed by atoms with E-state index in [4.69, 9.17) is 5.73 Å². The van der Waals surface area contributed by atoms with Crippen LogP contribution in [-0.2, 0) is 11.3 Å². The molecular weight excluding hydrogens is 218 g/mol. The van der Waals surface area contributed by atoms with Crippen molar-refractivity contribution in [2.75, 3.05) is 12.3 Å². The van der Waals surface area contributed by atoms with Gasteiger partial charge in [-0.15, -0.1) is 5.10 Å². The summed E-state index contributed by atoms with van der Waals surface area (Å²) in [4.78, 5) is 15.4. The van der Waals surface area contributed by atoms with Gasteiger partial charge >= 0.3 is 0 Å². The van der Waals surface area contributed by atoms with Gasteiger partial charge in [-0.25, -0.2) is 9.67 Å². The van der Waals surface area contributed by atoms with Crippen LogP contribution in [0.3, 0.4) is 0 Å². The molecule has 2 rings (SSSR count). The number of amides is 1. The molecule has 6 nitrogen and oxygen atoms in total. The van der Waals surface area contributed by atoms with Crippen LogP contribution in [0.5, 0.6) is 0 Å². The van der Waals surface area contributed by atoms with Gasteiger partial charge in [0.1, 0.15) is 12.9 Å². The number of anilines is 1. The van der Waals surface area contributed by atoms with E-state index >= 15 is 0 Å². The van der Waals surface area contributed by atoms with E-state index in [1.54, 1.807) is 0 Å². The first-order valence-corrected chi connectivity index (χ1v) is 5.93. The average molecular weight is 237 g/mol. The van der Waals surface area contributed by atoms with Gasteiger partial charge in [0, 0.05) is 6.54 Å². The number of nitrogens with two attached hydrogens (primary N) is 1. The predicted molar refractivity (Wildman–Crippen MR) is 63.9 cm³/mol. The highest BCUT2D eigenvalue weighted by Crippen LogP contribution is 2.51. The lowest BCUT2D eigenvalue weighted by molar-refractivity contribution is -0.122. The van der Waals surface area contributed by atoms with Crippen LogP contribution >= 0.6 is 0 Å². The van der Waals surface area contributed by atoms with Crippen molar-refractivity contribution in [2.45, 2.75) is 33.2 Å². The summed E-state index contributed by atoms with van der Waals surface area (Å²) >= 11 is 0. The summed E-state index contributed by atoms with van der Waals surface area (Å²) in [5.41, 5.74) is 5.70.